The average Bonchev–Trinajstić information content (AvgIpc) is 3.95. The lowest BCUT2D eigenvalue weighted by atomic mass is 9.99. The van der Waals surface area contributed by atoms with Crippen molar-refractivity contribution in [2.45, 2.75) is 0 Å². The summed E-state index contributed by atoms with van der Waals surface area (Å²) in [7, 11) is 0. The van der Waals surface area contributed by atoms with Crippen molar-refractivity contribution >= 4 is 49.3 Å². The van der Waals surface area contributed by atoms with Crippen molar-refractivity contribution < 1.29 is 0 Å². The third kappa shape index (κ3) is 5.24. The molecule has 0 aliphatic rings. The van der Waals surface area contributed by atoms with Gasteiger partial charge in [0.1, 0.15) is 5.65 Å². The zero-order valence-electron chi connectivity index (χ0n) is 31.8. The van der Waals surface area contributed by atoms with Gasteiger partial charge in [-0.15, -0.1) is 0 Å². The summed E-state index contributed by atoms with van der Waals surface area (Å²) in [6.45, 7) is 0. The monoisotopic (exact) mass is 754 g/mol. The Morgan fingerprint density at radius 2 is 0.780 bits per heavy atom. The third-order valence-electron chi connectivity index (χ3n) is 11.5. The summed E-state index contributed by atoms with van der Waals surface area (Å²) in [5.41, 5.74) is 13.0. The van der Waals surface area contributed by atoms with E-state index in [9.17, 15) is 0 Å². The van der Waals surface area contributed by atoms with Crippen LogP contribution in [-0.4, -0.2) is 28.5 Å². The van der Waals surface area contributed by atoms with Crippen LogP contribution in [-0.2, 0) is 0 Å². The maximum absolute atomic E-state index is 5.07. The molecule has 0 saturated carbocycles. The standard InChI is InChI=1S/C53H34N6/c1-3-17-35(18-4-1)50-54-51(36-19-5-2-6-20-36)56-52(55-50)38-22-15-21-37(33-38)48-47-31-13-14-32-57(47)53-49(48)43-27-9-12-30-46(43)59(53)40-24-16-23-39(34-40)58-44-28-10-7-25-41(44)42-26-8-11-29-45(42)58/h1-34H. The molecule has 0 atom stereocenters. The van der Waals surface area contributed by atoms with Crippen molar-refractivity contribution in [3.05, 3.63) is 206 Å². The van der Waals surface area contributed by atoms with Crippen LogP contribution in [0.3, 0.4) is 0 Å². The highest BCUT2D eigenvalue weighted by Crippen LogP contribution is 2.44. The predicted octanol–water partition coefficient (Wildman–Crippen LogP) is 13.0. The smallest absolute Gasteiger partial charge is 0.164 e. The van der Waals surface area contributed by atoms with Crippen molar-refractivity contribution in [2.75, 3.05) is 0 Å². The van der Waals surface area contributed by atoms with Gasteiger partial charge in [-0.05, 0) is 60.2 Å². The molecule has 6 heteroatoms. The molecule has 5 aromatic heterocycles. The van der Waals surface area contributed by atoms with E-state index in [4.69, 9.17) is 15.0 Å². The molecule has 0 fully saturated rings. The SMILES string of the molecule is c1ccc(-c2nc(-c3ccccc3)nc(-c3cccc(-c4c5c6ccccc6n(-c6cccc(-n7c8ccccc8c8ccccc87)c6)c5n5ccccc45)c3)n2)cc1. The van der Waals surface area contributed by atoms with Crippen molar-refractivity contribution in [1.29, 1.82) is 0 Å². The third-order valence-corrected chi connectivity index (χ3v) is 11.5. The number of pyridine rings is 1. The van der Waals surface area contributed by atoms with Gasteiger partial charge < -0.3 is 8.97 Å². The molecule has 0 saturated heterocycles. The fourth-order valence-corrected chi connectivity index (χ4v) is 8.94. The second-order valence-electron chi connectivity index (χ2n) is 14.9. The lowest BCUT2D eigenvalue weighted by Crippen LogP contribution is -2.00. The maximum Gasteiger partial charge on any atom is 0.164 e. The number of fused-ring (bicyclic) bond motifs is 8. The maximum atomic E-state index is 5.07. The van der Waals surface area contributed by atoms with Crippen molar-refractivity contribution in [3.63, 3.8) is 0 Å². The second-order valence-corrected chi connectivity index (χ2v) is 14.9. The van der Waals surface area contributed by atoms with E-state index in [-0.39, 0.29) is 0 Å². The summed E-state index contributed by atoms with van der Waals surface area (Å²) in [6.07, 6.45) is 2.18. The van der Waals surface area contributed by atoms with Gasteiger partial charge in [0.2, 0.25) is 0 Å². The van der Waals surface area contributed by atoms with Gasteiger partial charge in [0.15, 0.2) is 17.5 Å². The first-order valence-electron chi connectivity index (χ1n) is 19.9. The molecule has 7 aromatic carbocycles. The first-order valence-corrected chi connectivity index (χ1v) is 19.9. The molecule has 0 N–H and O–H groups in total. The Kier molecular flexibility index (Phi) is 7.43. The lowest BCUT2D eigenvalue weighted by Gasteiger charge is -2.13. The molecule has 276 valence electrons. The molecule has 12 aromatic rings. The zero-order valence-corrected chi connectivity index (χ0v) is 31.8. The molecule has 59 heavy (non-hydrogen) atoms. The molecule has 0 radical (unpaired) electrons. The first kappa shape index (κ1) is 33.1. The van der Waals surface area contributed by atoms with Crippen molar-refractivity contribution in [1.82, 2.24) is 28.5 Å². The number of hydrogen-bond acceptors (Lipinski definition) is 3. The van der Waals surface area contributed by atoms with Crippen molar-refractivity contribution in [2.24, 2.45) is 0 Å². The highest BCUT2D eigenvalue weighted by atomic mass is 15.1. The lowest BCUT2D eigenvalue weighted by molar-refractivity contribution is 1.07. The topological polar surface area (TPSA) is 52.9 Å². The van der Waals surface area contributed by atoms with Crippen LogP contribution in [0.1, 0.15) is 0 Å². The van der Waals surface area contributed by atoms with Crippen LogP contribution < -0.4 is 0 Å². The van der Waals surface area contributed by atoms with Crippen LogP contribution in [0.15, 0.2) is 206 Å². The minimum Gasteiger partial charge on any atom is -0.309 e. The summed E-state index contributed by atoms with van der Waals surface area (Å²) >= 11 is 0. The van der Waals surface area contributed by atoms with E-state index in [1.54, 1.807) is 0 Å². The normalized spacial score (nSPS) is 11.7. The number of benzene rings is 7. The number of aromatic nitrogens is 6. The molecule has 0 bridgehead atoms. The Bertz CT molecular complexity index is 3440. The van der Waals surface area contributed by atoms with Crippen LogP contribution in [0, 0.1) is 0 Å². The van der Waals surface area contributed by atoms with E-state index in [1.165, 1.54) is 32.6 Å². The first-order chi connectivity index (χ1) is 29.3. The van der Waals surface area contributed by atoms with Crippen LogP contribution in [0.2, 0.25) is 0 Å². The largest absolute Gasteiger partial charge is 0.309 e. The summed E-state index contributed by atoms with van der Waals surface area (Å²) in [6, 6.07) is 70.4. The summed E-state index contributed by atoms with van der Waals surface area (Å²) < 4.78 is 7.15. The Hall–Kier alpha value is -8.09. The predicted molar refractivity (Wildman–Crippen MR) is 241 cm³/mol. The molecule has 5 heterocycles. The number of para-hydroxylation sites is 3. The minimum absolute atomic E-state index is 0.628. The van der Waals surface area contributed by atoms with E-state index in [0.29, 0.717) is 17.5 Å². The van der Waals surface area contributed by atoms with Crippen molar-refractivity contribution in [3.8, 4) is 56.7 Å². The summed E-state index contributed by atoms with van der Waals surface area (Å²) in [4.78, 5) is 15.1. The zero-order chi connectivity index (χ0) is 38.9. The number of rotatable bonds is 6. The highest BCUT2D eigenvalue weighted by molar-refractivity contribution is 6.20. The number of hydrogen-bond donors (Lipinski definition) is 0. The van der Waals surface area contributed by atoms with E-state index >= 15 is 0 Å². The Morgan fingerprint density at radius 3 is 1.42 bits per heavy atom. The van der Waals surface area contributed by atoms with Gasteiger partial charge in [-0.2, -0.15) is 0 Å². The van der Waals surface area contributed by atoms with Gasteiger partial charge >= 0.3 is 0 Å². The molecule has 0 amide bonds. The fourth-order valence-electron chi connectivity index (χ4n) is 8.94. The molecule has 0 unspecified atom stereocenters. The quantitative estimate of drug-likeness (QED) is 0.170. The average molecular weight is 755 g/mol. The molecular formula is C53H34N6. The van der Waals surface area contributed by atoms with E-state index < -0.39 is 0 Å². The second kappa shape index (κ2) is 13.3. The fraction of sp³-hybridized carbons (Fsp3) is 0. The van der Waals surface area contributed by atoms with E-state index in [0.717, 1.165) is 55.9 Å². The summed E-state index contributed by atoms with van der Waals surface area (Å²) in [5.74, 6) is 1.91. The van der Waals surface area contributed by atoms with Crippen LogP contribution in [0.25, 0.3) is 106 Å². The van der Waals surface area contributed by atoms with E-state index in [2.05, 4.69) is 159 Å². The molecule has 12 rings (SSSR count). The summed E-state index contributed by atoms with van der Waals surface area (Å²) in [5, 5.41) is 4.87. The Morgan fingerprint density at radius 1 is 0.322 bits per heavy atom. The number of nitrogens with zero attached hydrogens (tertiary/aromatic N) is 6. The van der Waals surface area contributed by atoms with Gasteiger partial charge in [-0.1, -0.05) is 146 Å². The van der Waals surface area contributed by atoms with Gasteiger partial charge in [0.25, 0.3) is 0 Å². The molecule has 6 nitrogen and oxygen atoms in total. The van der Waals surface area contributed by atoms with Crippen LogP contribution >= 0.6 is 0 Å². The van der Waals surface area contributed by atoms with Gasteiger partial charge in [0, 0.05) is 61.4 Å². The van der Waals surface area contributed by atoms with Crippen LogP contribution in [0.5, 0.6) is 0 Å². The molecule has 0 aliphatic heterocycles. The van der Waals surface area contributed by atoms with Crippen LogP contribution in [0.4, 0.5) is 0 Å². The Labute approximate surface area is 339 Å². The highest BCUT2D eigenvalue weighted by Gasteiger charge is 2.24. The molecule has 0 spiro atoms. The minimum atomic E-state index is 0.628. The molecule has 0 aliphatic carbocycles. The Balaban J connectivity index is 1.08. The van der Waals surface area contributed by atoms with Gasteiger partial charge in [-0.25, -0.2) is 15.0 Å². The van der Waals surface area contributed by atoms with Gasteiger partial charge in [0.05, 0.1) is 22.1 Å². The van der Waals surface area contributed by atoms with Gasteiger partial charge in [-0.3, -0.25) is 4.57 Å². The van der Waals surface area contributed by atoms with E-state index in [1.807, 2.05) is 60.7 Å². The molecular weight excluding hydrogens is 721 g/mol.